The molecule has 8 nitrogen and oxygen atoms in total. The molecule has 2 aromatic rings. The monoisotopic (exact) mass is 391 g/mol. The number of hydrogen-bond acceptors (Lipinski definition) is 6. The molecule has 0 radical (unpaired) electrons. The first-order valence-corrected chi connectivity index (χ1v) is 9.72. The number of rotatable bonds is 4. The van der Waals surface area contributed by atoms with E-state index < -0.39 is 17.1 Å². The molecule has 152 valence electrons. The zero-order valence-electron chi connectivity index (χ0n) is 16.1. The van der Waals surface area contributed by atoms with Gasteiger partial charge in [0.2, 0.25) is 0 Å². The van der Waals surface area contributed by atoms with E-state index in [4.69, 9.17) is 16.2 Å². The molecule has 2 heterocycles. The molecule has 1 aromatic carbocycles. The normalized spacial score (nSPS) is 22.6. The Bertz CT molecular complexity index is 1040. The quantitative estimate of drug-likeness (QED) is 0.676. The standard InChI is InChI=1S/C19H26FN5O3/c1-3-9-6-7-24(8-11(9)21)16-13(20)14(22)12-15(17(16)28-2)25(10-4-5-10)19(27)23-18(12)26/h9-11H,3-8,21-22H2,1-2H3,(H,23,26,27). The van der Waals surface area contributed by atoms with Crippen LogP contribution in [0.4, 0.5) is 15.8 Å². The topological polar surface area (TPSA) is 119 Å². The van der Waals surface area contributed by atoms with E-state index in [-0.39, 0.29) is 40.1 Å². The minimum Gasteiger partial charge on any atom is -0.492 e. The van der Waals surface area contributed by atoms with Crippen molar-refractivity contribution in [2.24, 2.45) is 11.7 Å². The first kappa shape index (κ1) is 18.8. The predicted octanol–water partition coefficient (Wildman–Crippen LogP) is 1.32. The number of halogens is 1. The number of hydrogen-bond donors (Lipinski definition) is 3. The van der Waals surface area contributed by atoms with Gasteiger partial charge in [0, 0.05) is 25.2 Å². The SMILES string of the molecule is CCC1CCN(c2c(F)c(N)c3c(=O)[nH]c(=O)n(C4CC4)c3c2OC)CC1N. The maximum atomic E-state index is 15.4. The van der Waals surface area contributed by atoms with E-state index in [0.29, 0.717) is 19.0 Å². The van der Waals surface area contributed by atoms with Crippen molar-refractivity contribution in [2.45, 2.75) is 44.7 Å². The number of aromatic amines is 1. The molecule has 2 atom stereocenters. The van der Waals surface area contributed by atoms with Gasteiger partial charge in [-0.1, -0.05) is 13.3 Å². The summed E-state index contributed by atoms with van der Waals surface area (Å²) in [5.74, 6) is -0.174. The fourth-order valence-electron chi connectivity index (χ4n) is 4.37. The summed E-state index contributed by atoms with van der Waals surface area (Å²) in [6, 6.07) is -0.156. The lowest BCUT2D eigenvalue weighted by molar-refractivity contribution is 0.337. The van der Waals surface area contributed by atoms with Crippen molar-refractivity contribution in [3.63, 3.8) is 0 Å². The molecule has 28 heavy (non-hydrogen) atoms. The van der Waals surface area contributed by atoms with Crippen molar-refractivity contribution in [3.8, 4) is 5.75 Å². The lowest BCUT2D eigenvalue weighted by Crippen LogP contribution is -2.48. The van der Waals surface area contributed by atoms with Crippen LogP contribution in [0.5, 0.6) is 5.75 Å². The van der Waals surface area contributed by atoms with E-state index in [2.05, 4.69) is 11.9 Å². The third kappa shape index (κ3) is 2.76. The molecule has 0 amide bonds. The lowest BCUT2D eigenvalue weighted by Gasteiger charge is -2.38. The second-order valence-electron chi connectivity index (χ2n) is 7.76. The van der Waals surface area contributed by atoms with Crippen molar-refractivity contribution in [2.75, 3.05) is 30.8 Å². The van der Waals surface area contributed by atoms with Gasteiger partial charge in [0.25, 0.3) is 5.56 Å². The Morgan fingerprint density at radius 2 is 2.00 bits per heavy atom. The van der Waals surface area contributed by atoms with E-state index in [1.165, 1.54) is 11.7 Å². The zero-order valence-corrected chi connectivity index (χ0v) is 16.1. The summed E-state index contributed by atoms with van der Waals surface area (Å²) >= 11 is 0. The van der Waals surface area contributed by atoms with Crippen LogP contribution >= 0.6 is 0 Å². The Hall–Kier alpha value is -2.55. The smallest absolute Gasteiger partial charge is 0.329 e. The second kappa shape index (κ2) is 6.80. The first-order chi connectivity index (χ1) is 13.4. The summed E-state index contributed by atoms with van der Waals surface area (Å²) in [4.78, 5) is 29.0. The summed E-state index contributed by atoms with van der Waals surface area (Å²) in [5, 5.41) is -0.0441. The van der Waals surface area contributed by atoms with Crippen LogP contribution in [0.2, 0.25) is 0 Å². The Morgan fingerprint density at radius 3 is 2.57 bits per heavy atom. The number of nitrogens with zero attached hydrogens (tertiary/aromatic N) is 2. The second-order valence-corrected chi connectivity index (χ2v) is 7.76. The van der Waals surface area contributed by atoms with Crippen molar-refractivity contribution in [1.82, 2.24) is 9.55 Å². The summed E-state index contributed by atoms with van der Waals surface area (Å²) in [5.41, 5.74) is 11.3. The average Bonchev–Trinajstić information content (AvgIpc) is 3.48. The van der Waals surface area contributed by atoms with Crippen LogP contribution in [0.15, 0.2) is 9.59 Å². The van der Waals surface area contributed by atoms with Gasteiger partial charge in [-0.15, -0.1) is 0 Å². The van der Waals surface area contributed by atoms with Crippen molar-refractivity contribution in [1.29, 1.82) is 0 Å². The predicted molar refractivity (Wildman–Crippen MR) is 107 cm³/mol. The fraction of sp³-hybridized carbons (Fsp3) is 0.579. The molecule has 5 N–H and O–H groups in total. The van der Waals surface area contributed by atoms with E-state index in [0.717, 1.165) is 25.7 Å². The zero-order chi connectivity index (χ0) is 20.2. The highest BCUT2D eigenvalue weighted by molar-refractivity contribution is 5.99. The van der Waals surface area contributed by atoms with Crippen LogP contribution in [0.3, 0.4) is 0 Å². The number of aromatic nitrogens is 2. The Balaban J connectivity index is 2.00. The van der Waals surface area contributed by atoms with Crippen LogP contribution in [0, 0.1) is 11.7 Å². The fourth-order valence-corrected chi connectivity index (χ4v) is 4.37. The number of fused-ring (bicyclic) bond motifs is 1. The molecule has 1 saturated heterocycles. The van der Waals surface area contributed by atoms with Crippen LogP contribution in [-0.4, -0.2) is 35.8 Å². The van der Waals surface area contributed by atoms with Gasteiger partial charge in [-0.05, 0) is 25.2 Å². The molecule has 2 fully saturated rings. The van der Waals surface area contributed by atoms with Crippen molar-refractivity contribution in [3.05, 3.63) is 26.7 Å². The van der Waals surface area contributed by atoms with Gasteiger partial charge in [0.1, 0.15) is 11.2 Å². The van der Waals surface area contributed by atoms with Crippen LogP contribution < -0.4 is 32.4 Å². The molecule has 1 saturated carbocycles. The summed E-state index contributed by atoms with van der Waals surface area (Å²) in [6.07, 6.45) is 3.40. The lowest BCUT2D eigenvalue weighted by atomic mass is 9.89. The number of anilines is 2. The molecule has 4 rings (SSSR count). The summed E-state index contributed by atoms with van der Waals surface area (Å²) < 4.78 is 22.4. The largest absolute Gasteiger partial charge is 0.492 e. The maximum Gasteiger partial charge on any atom is 0.329 e. The van der Waals surface area contributed by atoms with E-state index in [9.17, 15) is 9.59 Å². The number of ether oxygens (including phenoxy) is 1. The first-order valence-electron chi connectivity index (χ1n) is 9.72. The number of H-pyrrole nitrogens is 1. The highest BCUT2D eigenvalue weighted by Crippen LogP contribution is 2.45. The summed E-state index contributed by atoms with van der Waals surface area (Å²) in [7, 11) is 1.41. The number of methoxy groups -OCH3 is 1. The van der Waals surface area contributed by atoms with Gasteiger partial charge in [0.05, 0.1) is 18.2 Å². The van der Waals surface area contributed by atoms with E-state index >= 15 is 4.39 Å². The number of benzene rings is 1. The highest BCUT2D eigenvalue weighted by Gasteiger charge is 2.35. The van der Waals surface area contributed by atoms with Gasteiger partial charge in [-0.2, -0.15) is 0 Å². The molecular weight excluding hydrogens is 365 g/mol. The molecule has 0 bridgehead atoms. The van der Waals surface area contributed by atoms with Crippen molar-refractivity contribution < 1.29 is 9.13 Å². The van der Waals surface area contributed by atoms with Gasteiger partial charge >= 0.3 is 5.69 Å². The number of nitrogen functional groups attached to an aromatic ring is 1. The van der Waals surface area contributed by atoms with Crippen LogP contribution in [0.1, 0.15) is 38.6 Å². The summed E-state index contributed by atoms with van der Waals surface area (Å²) in [6.45, 7) is 3.14. The van der Waals surface area contributed by atoms with Crippen LogP contribution in [-0.2, 0) is 0 Å². The molecule has 1 aliphatic heterocycles. The average molecular weight is 391 g/mol. The van der Waals surface area contributed by atoms with Crippen LogP contribution in [0.25, 0.3) is 10.9 Å². The van der Waals surface area contributed by atoms with Gasteiger partial charge < -0.3 is 21.1 Å². The minimum absolute atomic E-state index is 0.0441. The number of piperidine rings is 1. The Morgan fingerprint density at radius 1 is 1.29 bits per heavy atom. The molecular formula is C19H26FN5O3. The van der Waals surface area contributed by atoms with Gasteiger partial charge in [0.15, 0.2) is 11.6 Å². The molecule has 2 unspecified atom stereocenters. The third-order valence-electron chi connectivity index (χ3n) is 6.05. The van der Waals surface area contributed by atoms with Crippen molar-refractivity contribution >= 4 is 22.3 Å². The highest BCUT2D eigenvalue weighted by atomic mass is 19.1. The van der Waals surface area contributed by atoms with E-state index in [1.54, 1.807) is 0 Å². The third-order valence-corrected chi connectivity index (χ3v) is 6.05. The minimum atomic E-state index is -0.710. The maximum absolute atomic E-state index is 15.4. The van der Waals surface area contributed by atoms with Gasteiger partial charge in [-0.25, -0.2) is 9.18 Å². The molecule has 1 aliphatic carbocycles. The Labute approximate surface area is 161 Å². The Kier molecular flexibility index (Phi) is 4.57. The van der Waals surface area contributed by atoms with E-state index in [1.807, 2.05) is 4.90 Å². The molecule has 2 aliphatic rings. The van der Waals surface area contributed by atoms with Gasteiger partial charge in [-0.3, -0.25) is 14.3 Å². The molecule has 0 spiro atoms. The molecule has 9 heteroatoms. The number of nitrogens with two attached hydrogens (primary N) is 2. The molecule has 1 aromatic heterocycles. The number of nitrogens with one attached hydrogen (secondary N) is 1.